The van der Waals surface area contributed by atoms with Crippen LogP contribution in [0.3, 0.4) is 0 Å². The molecule has 4 fully saturated rings. The molecule has 4 saturated carbocycles. The lowest BCUT2D eigenvalue weighted by Gasteiger charge is -2.60. The Balaban J connectivity index is 1.23. The molecule has 0 N–H and O–H groups in total. The third-order valence-electron chi connectivity index (χ3n) is 11.8. The molecule has 8 atom stereocenters. The molecule has 6 nitrogen and oxygen atoms in total. The van der Waals surface area contributed by atoms with E-state index in [-0.39, 0.29) is 37.5 Å². The van der Waals surface area contributed by atoms with Gasteiger partial charge < -0.3 is 14.2 Å². The van der Waals surface area contributed by atoms with Crippen molar-refractivity contribution in [3.05, 3.63) is 0 Å². The Morgan fingerprint density at radius 2 is 1.40 bits per heavy atom. The first kappa shape index (κ1) is 31.3. The first-order valence-corrected chi connectivity index (χ1v) is 16.7. The summed E-state index contributed by atoms with van der Waals surface area (Å²) in [5.41, 5.74) is 1.01. The number of ether oxygens (including phenoxy) is 3. The second-order valence-electron chi connectivity index (χ2n) is 14.1. The number of carbonyl (C=O) groups is 3. The fraction of sp³-hybridized carbons (Fsp3) is 0.912. The van der Waals surface area contributed by atoms with Crippen LogP contribution >= 0.6 is 0 Å². The van der Waals surface area contributed by atoms with E-state index in [9.17, 15) is 14.4 Å². The van der Waals surface area contributed by atoms with Crippen molar-refractivity contribution >= 4 is 17.9 Å². The van der Waals surface area contributed by atoms with Crippen LogP contribution in [0.5, 0.6) is 0 Å². The van der Waals surface area contributed by atoms with Gasteiger partial charge in [-0.3, -0.25) is 14.4 Å². The quantitative estimate of drug-likeness (QED) is 0.169. The third kappa shape index (κ3) is 7.06. The summed E-state index contributed by atoms with van der Waals surface area (Å²) in [6, 6.07) is 0. The molecular formula is C34H56O6. The first-order chi connectivity index (χ1) is 19.2. The van der Waals surface area contributed by atoms with Crippen LogP contribution < -0.4 is 0 Å². The summed E-state index contributed by atoms with van der Waals surface area (Å²) in [6.45, 7) is 8.89. The summed E-state index contributed by atoms with van der Waals surface area (Å²) in [5, 5.41) is 0. The monoisotopic (exact) mass is 560 g/mol. The van der Waals surface area contributed by atoms with E-state index < -0.39 is 6.10 Å². The van der Waals surface area contributed by atoms with Crippen molar-refractivity contribution in [2.24, 2.45) is 40.4 Å². The van der Waals surface area contributed by atoms with Crippen LogP contribution in [-0.2, 0) is 28.6 Å². The number of hydrogen-bond donors (Lipinski definition) is 0. The Morgan fingerprint density at radius 1 is 0.725 bits per heavy atom. The SMILES string of the molecule is CCCC(=O)OCC(COC(=O)CCC[C@H]1CCC2C3CCC4CCCC[C@]4(C)C3CCC21C)OC(=O)CCC. The van der Waals surface area contributed by atoms with Crippen LogP contribution in [0.1, 0.15) is 137 Å². The largest absolute Gasteiger partial charge is 0.462 e. The van der Waals surface area contributed by atoms with Gasteiger partial charge in [-0.15, -0.1) is 0 Å². The van der Waals surface area contributed by atoms with Gasteiger partial charge in [0.2, 0.25) is 0 Å². The van der Waals surface area contributed by atoms with Crippen molar-refractivity contribution in [2.45, 2.75) is 143 Å². The van der Waals surface area contributed by atoms with E-state index in [1.165, 1.54) is 64.2 Å². The van der Waals surface area contributed by atoms with Gasteiger partial charge in [-0.2, -0.15) is 0 Å². The highest BCUT2D eigenvalue weighted by molar-refractivity contribution is 5.71. The lowest BCUT2D eigenvalue weighted by molar-refractivity contribution is -0.166. The van der Waals surface area contributed by atoms with E-state index in [1.807, 2.05) is 13.8 Å². The van der Waals surface area contributed by atoms with Crippen LogP contribution in [0.15, 0.2) is 0 Å². The molecule has 0 aromatic heterocycles. The van der Waals surface area contributed by atoms with Crippen molar-refractivity contribution in [1.82, 2.24) is 0 Å². The van der Waals surface area contributed by atoms with E-state index >= 15 is 0 Å². The average molecular weight is 561 g/mol. The molecule has 6 heteroatoms. The van der Waals surface area contributed by atoms with Gasteiger partial charge in [-0.25, -0.2) is 0 Å². The molecule has 4 aliphatic rings. The van der Waals surface area contributed by atoms with E-state index in [4.69, 9.17) is 14.2 Å². The maximum Gasteiger partial charge on any atom is 0.306 e. The number of esters is 3. The second-order valence-corrected chi connectivity index (χ2v) is 14.1. The van der Waals surface area contributed by atoms with E-state index in [1.54, 1.807) is 0 Å². The Morgan fingerprint density at radius 3 is 2.12 bits per heavy atom. The van der Waals surface area contributed by atoms with Crippen molar-refractivity contribution in [2.75, 3.05) is 13.2 Å². The normalized spacial score (nSPS) is 35.5. The maximum absolute atomic E-state index is 12.6. The zero-order chi connectivity index (χ0) is 28.8. The first-order valence-electron chi connectivity index (χ1n) is 16.7. The van der Waals surface area contributed by atoms with Gasteiger partial charge in [0.25, 0.3) is 0 Å². The topological polar surface area (TPSA) is 78.9 Å². The molecule has 0 aromatic carbocycles. The van der Waals surface area contributed by atoms with Crippen molar-refractivity contribution in [3.63, 3.8) is 0 Å². The van der Waals surface area contributed by atoms with Crippen molar-refractivity contribution in [1.29, 1.82) is 0 Å². The molecule has 4 aliphatic carbocycles. The molecule has 0 aliphatic heterocycles. The van der Waals surface area contributed by atoms with Crippen molar-refractivity contribution < 1.29 is 28.6 Å². The molecule has 0 spiro atoms. The lowest BCUT2D eigenvalue weighted by atomic mass is 9.45. The fourth-order valence-corrected chi connectivity index (χ4v) is 9.66. The van der Waals surface area contributed by atoms with Crippen LogP contribution in [-0.4, -0.2) is 37.2 Å². The summed E-state index contributed by atoms with van der Waals surface area (Å²) in [6.07, 6.45) is 17.7. The second kappa shape index (κ2) is 14.1. The Kier molecular flexibility index (Phi) is 11.0. The predicted octanol–water partition coefficient (Wildman–Crippen LogP) is 7.80. The number of carbonyl (C=O) groups excluding carboxylic acids is 3. The highest BCUT2D eigenvalue weighted by Gasteiger charge is 2.59. The molecule has 6 unspecified atom stereocenters. The lowest BCUT2D eigenvalue weighted by Crippen LogP contribution is -2.52. The van der Waals surface area contributed by atoms with E-state index in [0.29, 0.717) is 42.4 Å². The van der Waals surface area contributed by atoms with E-state index in [2.05, 4.69) is 13.8 Å². The highest BCUT2D eigenvalue weighted by Crippen LogP contribution is 2.67. The van der Waals surface area contributed by atoms with Crippen LogP contribution in [0.4, 0.5) is 0 Å². The summed E-state index contributed by atoms with van der Waals surface area (Å²) in [5.74, 6) is 3.41. The molecule has 40 heavy (non-hydrogen) atoms. The zero-order valence-electron chi connectivity index (χ0n) is 25.8. The molecule has 0 saturated heterocycles. The summed E-state index contributed by atoms with van der Waals surface area (Å²) in [4.78, 5) is 36.4. The van der Waals surface area contributed by atoms with Crippen LogP contribution in [0.2, 0.25) is 0 Å². The molecular weight excluding hydrogens is 504 g/mol. The van der Waals surface area contributed by atoms with Crippen LogP contribution in [0.25, 0.3) is 0 Å². The Labute approximate surface area is 243 Å². The Hall–Kier alpha value is -1.59. The smallest absolute Gasteiger partial charge is 0.306 e. The average Bonchev–Trinajstić information content (AvgIpc) is 3.26. The van der Waals surface area contributed by atoms with Gasteiger partial charge in [0.1, 0.15) is 13.2 Å². The molecule has 0 bridgehead atoms. The number of rotatable bonds is 13. The highest BCUT2D eigenvalue weighted by atomic mass is 16.6. The van der Waals surface area contributed by atoms with Crippen LogP contribution in [0, 0.1) is 40.4 Å². The molecule has 0 heterocycles. The summed E-state index contributed by atoms with van der Waals surface area (Å²) < 4.78 is 16.1. The van der Waals surface area contributed by atoms with Gasteiger partial charge in [0.05, 0.1) is 0 Å². The molecule has 0 amide bonds. The minimum Gasteiger partial charge on any atom is -0.462 e. The predicted molar refractivity (Wildman–Crippen MR) is 155 cm³/mol. The summed E-state index contributed by atoms with van der Waals surface area (Å²) >= 11 is 0. The van der Waals surface area contributed by atoms with Gasteiger partial charge in [0, 0.05) is 19.3 Å². The molecule has 4 rings (SSSR count). The standard InChI is InChI=1S/C34H56O6/c1-5-10-30(35)38-22-26(40-32(37)11-6-2)23-39-31(36)14-9-13-25-16-18-28-27-17-15-24-12-7-8-20-33(24,3)29(27)19-21-34(25,28)4/h24-29H,5-23H2,1-4H3/t24?,25-,26?,27?,28?,29?,33-,34?/m0/s1. The van der Waals surface area contributed by atoms with Gasteiger partial charge in [0.15, 0.2) is 6.10 Å². The zero-order valence-corrected chi connectivity index (χ0v) is 25.8. The van der Waals surface area contributed by atoms with Gasteiger partial charge >= 0.3 is 17.9 Å². The van der Waals surface area contributed by atoms with E-state index in [0.717, 1.165) is 36.5 Å². The number of hydrogen-bond acceptors (Lipinski definition) is 6. The van der Waals surface area contributed by atoms with Gasteiger partial charge in [-0.05, 0) is 117 Å². The minimum absolute atomic E-state index is 0.0697. The molecule has 0 aromatic rings. The van der Waals surface area contributed by atoms with Crippen molar-refractivity contribution in [3.8, 4) is 0 Å². The maximum atomic E-state index is 12.6. The molecule has 0 radical (unpaired) electrons. The summed E-state index contributed by atoms with van der Waals surface area (Å²) in [7, 11) is 0. The fourth-order valence-electron chi connectivity index (χ4n) is 9.66. The van der Waals surface area contributed by atoms with Gasteiger partial charge in [-0.1, -0.05) is 40.5 Å². The minimum atomic E-state index is -0.755. The third-order valence-corrected chi connectivity index (χ3v) is 11.8. The number of fused-ring (bicyclic) bond motifs is 5. The molecule has 228 valence electrons. The Bertz CT molecular complexity index is 870.